The lowest BCUT2D eigenvalue weighted by Crippen LogP contribution is -2.27. The van der Waals surface area contributed by atoms with Gasteiger partial charge in [0, 0.05) is 12.0 Å². The highest BCUT2D eigenvalue weighted by Crippen LogP contribution is 2.34. The van der Waals surface area contributed by atoms with Crippen molar-refractivity contribution in [3.05, 3.63) is 64.8 Å². The van der Waals surface area contributed by atoms with E-state index in [0.717, 1.165) is 74.6 Å². The monoisotopic (exact) mass is 549 g/mol. The van der Waals surface area contributed by atoms with Gasteiger partial charge in [-0.2, -0.15) is 0 Å². The number of oxazole rings is 1. The average Bonchev–Trinajstić information content (AvgIpc) is 3.38. The number of allylic oxidation sites excluding steroid dienone is 4. The van der Waals surface area contributed by atoms with Gasteiger partial charge in [-0.05, 0) is 112 Å². The Bertz CT molecular complexity index is 1090. The number of aromatic nitrogens is 1. The first-order valence-electron chi connectivity index (χ1n) is 15.1. The third-order valence-corrected chi connectivity index (χ3v) is 8.37. The van der Waals surface area contributed by atoms with Crippen molar-refractivity contribution in [2.24, 2.45) is 17.8 Å². The zero-order valence-corrected chi connectivity index (χ0v) is 24.8. The standard InChI is InChI=1S/C34H49N2O4/c1-24-12-7-6-8-14-28(37)21-31(27(4)18-25(2)22-35-5)26(3)13-9-10-17-34-36-32(23-39-34)33-16-11-15-30(40-33)20-29(38)19-24/h5,8,10,14,17,22-23,26-27,29-31,33,38H,1,6-7,9,11-13,15-16,18-21H2,2-4H3/q+1. The van der Waals surface area contributed by atoms with Crippen LogP contribution in [-0.2, 0) is 9.53 Å². The van der Waals surface area contributed by atoms with Crippen molar-refractivity contribution in [1.82, 2.24) is 4.98 Å². The zero-order valence-electron chi connectivity index (χ0n) is 24.8. The van der Waals surface area contributed by atoms with Gasteiger partial charge in [0.15, 0.2) is 5.78 Å². The maximum absolute atomic E-state index is 13.0. The second-order valence-electron chi connectivity index (χ2n) is 12.0. The van der Waals surface area contributed by atoms with Gasteiger partial charge in [0.1, 0.15) is 18.1 Å². The predicted molar refractivity (Wildman–Crippen MR) is 162 cm³/mol. The summed E-state index contributed by atoms with van der Waals surface area (Å²) in [6, 6.07) is 0. The second kappa shape index (κ2) is 16.5. The SMILES string of the molecule is C#[N+]C=C(C)CC(C)C1CC(=O)C=CCCCC(=C)CC(O)CC2CCCC(O2)c2coc(n2)C=CCCC1C. The van der Waals surface area contributed by atoms with E-state index in [1.54, 1.807) is 18.5 Å². The largest absolute Gasteiger partial charge is 0.445 e. The van der Waals surface area contributed by atoms with Gasteiger partial charge in [0.25, 0.3) is 6.57 Å². The maximum atomic E-state index is 13.0. The molecule has 6 heteroatoms. The van der Waals surface area contributed by atoms with Gasteiger partial charge in [-0.1, -0.05) is 38.2 Å². The number of fused-ring (bicyclic) bond motifs is 5. The van der Waals surface area contributed by atoms with Crippen molar-refractivity contribution in [2.45, 2.75) is 116 Å². The molecule has 6 nitrogen and oxygen atoms in total. The van der Waals surface area contributed by atoms with Crippen LogP contribution in [0.15, 0.2) is 52.8 Å². The molecule has 6 atom stereocenters. The third-order valence-electron chi connectivity index (χ3n) is 8.37. The summed E-state index contributed by atoms with van der Waals surface area (Å²) in [6.45, 7) is 16.1. The Balaban J connectivity index is 1.73. The van der Waals surface area contributed by atoms with Gasteiger partial charge in [-0.15, -0.1) is 0 Å². The molecule has 0 saturated carbocycles. The summed E-state index contributed by atoms with van der Waals surface area (Å²) >= 11 is 0. The summed E-state index contributed by atoms with van der Waals surface area (Å²) in [5.41, 5.74) is 2.99. The van der Waals surface area contributed by atoms with E-state index >= 15 is 0 Å². The lowest BCUT2D eigenvalue weighted by atomic mass is 9.75. The lowest BCUT2D eigenvalue weighted by Gasteiger charge is -2.30. The third kappa shape index (κ3) is 10.7. The highest BCUT2D eigenvalue weighted by Gasteiger charge is 2.28. The molecule has 0 spiro atoms. The van der Waals surface area contributed by atoms with Gasteiger partial charge in [-0.3, -0.25) is 4.79 Å². The molecule has 218 valence electrons. The van der Waals surface area contributed by atoms with Crippen LogP contribution in [0, 0.1) is 24.3 Å². The highest BCUT2D eigenvalue weighted by atomic mass is 16.5. The number of ketones is 1. The molecule has 4 bridgehead atoms. The minimum atomic E-state index is -0.469. The molecule has 3 rings (SSSR count). The molecule has 2 aliphatic rings. The van der Waals surface area contributed by atoms with E-state index in [-0.39, 0.29) is 23.9 Å². The van der Waals surface area contributed by atoms with Crippen molar-refractivity contribution in [2.75, 3.05) is 0 Å². The fraction of sp³-hybridized carbons (Fsp3) is 0.618. The molecule has 40 heavy (non-hydrogen) atoms. The van der Waals surface area contributed by atoms with Crippen LogP contribution in [-0.4, -0.2) is 28.1 Å². The van der Waals surface area contributed by atoms with Crippen molar-refractivity contribution < 1.29 is 19.1 Å². The van der Waals surface area contributed by atoms with Crippen molar-refractivity contribution in [3.63, 3.8) is 0 Å². The number of carbonyl (C=O) groups is 1. The Morgan fingerprint density at radius 3 is 2.83 bits per heavy atom. The van der Waals surface area contributed by atoms with Gasteiger partial charge in [0.05, 0.1) is 12.2 Å². The molecule has 0 aromatic carbocycles. The molecule has 0 amide bonds. The number of aliphatic hydroxyl groups is 1. The Labute approximate surface area is 241 Å². The van der Waals surface area contributed by atoms with Gasteiger partial charge in [0.2, 0.25) is 5.89 Å². The minimum Gasteiger partial charge on any atom is -0.445 e. The Kier molecular flexibility index (Phi) is 13.1. The number of nitrogens with zero attached hydrogens (tertiary/aromatic N) is 2. The summed E-state index contributed by atoms with van der Waals surface area (Å²) in [5, 5.41) is 10.7. The number of hydrogen-bond donors (Lipinski definition) is 1. The van der Waals surface area contributed by atoms with Crippen LogP contribution in [0.4, 0.5) is 0 Å². The molecule has 0 radical (unpaired) electrons. The van der Waals surface area contributed by atoms with Crippen LogP contribution < -0.4 is 0 Å². The van der Waals surface area contributed by atoms with E-state index in [9.17, 15) is 9.90 Å². The van der Waals surface area contributed by atoms with Gasteiger partial charge in [-0.25, -0.2) is 4.98 Å². The molecule has 1 fully saturated rings. The molecular weight excluding hydrogens is 500 g/mol. The molecule has 3 heterocycles. The Hall–Kier alpha value is -2.75. The summed E-state index contributed by atoms with van der Waals surface area (Å²) in [5.74, 6) is 1.70. The molecule has 0 aliphatic carbocycles. The van der Waals surface area contributed by atoms with E-state index in [0.29, 0.717) is 37.0 Å². The first-order chi connectivity index (χ1) is 19.2. The second-order valence-corrected chi connectivity index (χ2v) is 12.0. The van der Waals surface area contributed by atoms with Crippen LogP contribution >= 0.6 is 0 Å². The van der Waals surface area contributed by atoms with Crippen molar-refractivity contribution in [1.29, 1.82) is 0 Å². The molecule has 1 N–H and O–H groups in total. The van der Waals surface area contributed by atoms with E-state index in [1.807, 2.05) is 19.1 Å². The van der Waals surface area contributed by atoms with Crippen molar-refractivity contribution in [3.8, 4) is 6.57 Å². The predicted octanol–water partition coefficient (Wildman–Crippen LogP) is 8.62. The number of hydrogen-bond acceptors (Lipinski definition) is 5. The van der Waals surface area contributed by atoms with Crippen LogP contribution in [0.5, 0.6) is 0 Å². The maximum Gasteiger partial charge on any atom is 0.304 e. The summed E-state index contributed by atoms with van der Waals surface area (Å²) in [6.07, 6.45) is 20.5. The normalized spacial score (nSPS) is 29.1. The minimum absolute atomic E-state index is 0.00796. The van der Waals surface area contributed by atoms with Crippen molar-refractivity contribution >= 4 is 11.9 Å². The average molecular weight is 550 g/mol. The summed E-state index contributed by atoms with van der Waals surface area (Å²) < 4.78 is 12.1. The zero-order chi connectivity index (χ0) is 28.9. The van der Waals surface area contributed by atoms with E-state index in [1.165, 1.54) is 0 Å². The summed E-state index contributed by atoms with van der Waals surface area (Å²) in [7, 11) is 0. The van der Waals surface area contributed by atoms with Crippen LogP contribution in [0.2, 0.25) is 0 Å². The van der Waals surface area contributed by atoms with Gasteiger partial charge < -0.3 is 14.3 Å². The highest BCUT2D eigenvalue weighted by molar-refractivity contribution is 5.89. The molecule has 2 aliphatic heterocycles. The van der Waals surface area contributed by atoms with Crippen LogP contribution in [0.1, 0.15) is 116 Å². The molecule has 1 saturated heterocycles. The molecule has 6 unspecified atom stereocenters. The van der Waals surface area contributed by atoms with Gasteiger partial charge >= 0.3 is 6.20 Å². The molecular formula is C34H49N2O4+. The number of rotatable bonds is 3. The number of aliphatic hydroxyl groups excluding tert-OH is 1. The Morgan fingerprint density at radius 1 is 1.23 bits per heavy atom. The van der Waals surface area contributed by atoms with Crippen LogP contribution in [0.3, 0.4) is 0 Å². The molecule has 1 aromatic heterocycles. The summed E-state index contributed by atoms with van der Waals surface area (Å²) in [4.78, 5) is 21.3. The quantitative estimate of drug-likeness (QED) is 0.382. The van der Waals surface area contributed by atoms with E-state index in [2.05, 4.69) is 36.3 Å². The van der Waals surface area contributed by atoms with E-state index < -0.39 is 6.10 Å². The smallest absolute Gasteiger partial charge is 0.304 e. The topological polar surface area (TPSA) is 76.9 Å². The number of carbonyl (C=O) groups excluding carboxylic acids is 1. The Morgan fingerprint density at radius 2 is 2.02 bits per heavy atom. The first-order valence-corrected chi connectivity index (χ1v) is 15.1. The number of ether oxygens (including phenoxy) is 1. The first kappa shape index (κ1) is 31.8. The lowest BCUT2D eigenvalue weighted by molar-refractivity contribution is -0.116. The van der Waals surface area contributed by atoms with Crippen LogP contribution in [0.25, 0.3) is 10.9 Å². The molecule has 1 aromatic rings. The fourth-order valence-corrected chi connectivity index (χ4v) is 6.18. The van der Waals surface area contributed by atoms with E-state index in [4.69, 9.17) is 15.7 Å². The fourth-order valence-electron chi connectivity index (χ4n) is 6.18.